The van der Waals surface area contributed by atoms with Gasteiger partial charge < -0.3 is 5.32 Å². The van der Waals surface area contributed by atoms with Crippen LogP contribution in [0.15, 0.2) is 59.5 Å². The first-order chi connectivity index (χ1) is 12.6. The molecule has 0 atom stereocenters. The molecule has 0 saturated carbocycles. The molecular formula is C20H23N3O2S. The van der Waals surface area contributed by atoms with Crippen molar-refractivity contribution in [1.82, 2.24) is 9.62 Å². The third kappa shape index (κ3) is 4.50. The second kappa shape index (κ2) is 8.45. The third-order valence-corrected chi connectivity index (χ3v) is 6.69. The average molecular weight is 369 g/mol. The highest BCUT2D eigenvalue weighted by Gasteiger charge is 2.28. The molecule has 1 fully saturated rings. The molecule has 26 heavy (non-hydrogen) atoms. The lowest BCUT2D eigenvalue weighted by atomic mass is 9.98. The third-order valence-electron chi connectivity index (χ3n) is 4.77. The van der Waals surface area contributed by atoms with Gasteiger partial charge >= 0.3 is 0 Å². The predicted octanol–water partition coefficient (Wildman–Crippen LogP) is 2.75. The Hall–Kier alpha value is -2.20. The van der Waals surface area contributed by atoms with Gasteiger partial charge in [-0.2, -0.15) is 9.57 Å². The number of benzene rings is 2. The topological polar surface area (TPSA) is 73.2 Å². The summed E-state index contributed by atoms with van der Waals surface area (Å²) in [7, 11) is -3.37. The molecule has 0 amide bonds. The van der Waals surface area contributed by atoms with E-state index in [9.17, 15) is 8.42 Å². The number of piperidine rings is 1. The molecule has 1 saturated heterocycles. The van der Waals surface area contributed by atoms with Crippen LogP contribution in [0.1, 0.15) is 24.0 Å². The van der Waals surface area contributed by atoms with Gasteiger partial charge in [0.2, 0.25) is 10.0 Å². The molecular weight excluding hydrogens is 346 g/mol. The molecule has 1 N–H and O–H groups in total. The first-order valence-electron chi connectivity index (χ1n) is 8.84. The van der Waals surface area contributed by atoms with Gasteiger partial charge in [0, 0.05) is 19.6 Å². The van der Waals surface area contributed by atoms with Crippen LogP contribution in [0.2, 0.25) is 0 Å². The summed E-state index contributed by atoms with van der Waals surface area (Å²) < 4.78 is 26.9. The highest BCUT2D eigenvalue weighted by molar-refractivity contribution is 7.89. The Labute approximate surface area is 155 Å². The van der Waals surface area contributed by atoms with Gasteiger partial charge in [0.1, 0.15) is 0 Å². The van der Waals surface area contributed by atoms with E-state index in [2.05, 4.69) is 11.4 Å². The molecule has 0 bridgehead atoms. The SMILES string of the molecule is N#Cc1cccc(CNCC2CCN(S(=O)(=O)c3ccccc3)CC2)c1. The molecule has 136 valence electrons. The number of nitrogens with one attached hydrogen (secondary N) is 1. The minimum Gasteiger partial charge on any atom is -0.312 e. The van der Waals surface area contributed by atoms with Crippen LogP contribution in [-0.4, -0.2) is 32.4 Å². The van der Waals surface area contributed by atoms with Crippen LogP contribution in [0.4, 0.5) is 0 Å². The molecule has 5 nitrogen and oxygen atoms in total. The maximum absolute atomic E-state index is 12.6. The number of nitrogens with zero attached hydrogens (tertiary/aromatic N) is 2. The van der Waals surface area contributed by atoms with Gasteiger partial charge in [-0.25, -0.2) is 8.42 Å². The second-order valence-electron chi connectivity index (χ2n) is 6.60. The minimum absolute atomic E-state index is 0.369. The zero-order chi connectivity index (χ0) is 18.4. The Balaban J connectivity index is 1.47. The lowest BCUT2D eigenvalue weighted by molar-refractivity contribution is 0.267. The molecule has 0 radical (unpaired) electrons. The van der Waals surface area contributed by atoms with Crippen LogP contribution < -0.4 is 5.32 Å². The number of hydrogen-bond acceptors (Lipinski definition) is 4. The van der Waals surface area contributed by atoms with Crippen molar-refractivity contribution in [3.8, 4) is 6.07 Å². The molecule has 1 aliphatic rings. The summed E-state index contributed by atoms with van der Waals surface area (Å²) in [5, 5.41) is 12.4. The summed E-state index contributed by atoms with van der Waals surface area (Å²) in [6, 6.07) is 18.4. The lowest BCUT2D eigenvalue weighted by Gasteiger charge is -2.31. The van der Waals surface area contributed by atoms with E-state index in [0.717, 1.165) is 31.5 Å². The van der Waals surface area contributed by atoms with E-state index in [1.54, 1.807) is 34.6 Å². The maximum atomic E-state index is 12.6. The highest BCUT2D eigenvalue weighted by atomic mass is 32.2. The summed E-state index contributed by atoms with van der Waals surface area (Å²) in [5.41, 5.74) is 1.76. The van der Waals surface area contributed by atoms with Gasteiger partial charge in [-0.1, -0.05) is 30.3 Å². The van der Waals surface area contributed by atoms with Crippen LogP contribution >= 0.6 is 0 Å². The van der Waals surface area contributed by atoms with Crippen molar-refractivity contribution >= 4 is 10.0 Å². The van der Waals surface area contributed by atoms with Crippen LogP contribution in [0.5, 0.6) is 0 Å². The van der Waals surface area contributed by atoms with Crippen molar-refractivity contribution in [2.24, 2.45) is 5.92 Å². The highest BCUT2D eigenvalue weighted by Crippen LogP contribution is 2.23. The quantitative estimate of drug-likeness (QED) is 0.850. The molecule has 1 heterocycles. The van der Waals surface area contributed by atoms with E-state index in [1.807, 2.05) is 24.3 Å². The molecule has 0 unspecified atom stereocenters. The zero-order valence-corrected chi connectivity index (χ0v) is 15.5. The molecule has 3 rings (SSSR count). The molecule has 2 aromatic rings. The van der Waals surface area contributed by atoms with Crippen LogP contribution in [0.25, 0.3) is 0 Å². The van der Waals surface area contributed by atoms with Gasteiger partial charge in [-0.15, -0.1) is 0 Å². The smallest absolute Gasteiger partial charge is 0.243 e. The molecule has 1 aliphatic heterocycles. The Bertz CT molecular complexity index is 867. The summed E-state index contributed by atoms with van der Waals surface area (Å²) in [6.45, 7) is 2.70. The molecule has 0 spiro atoms. The number of hydrogen-bond donors (Lipinski definition) is 1. The molecule has 0 aliphatic carbocycles. The van der Waals surface area contributed by atoms with Gasteiger partial charge in [0.05, 0.1) is 16.5 Å². The Morgan fingerprint density at radius 3 is 2.50 bits per heavy atom. The minimum atomic E-state index is -3.37. The first kappa shape index (κ1) is 18.6. The van der Waals surface area contributed by atoms with Crippen molar-refractivity contribution in [2.45, 2.75) is 24.3 Å². The summed E-state index contributed by atoms with van der Waals surface area (Å²) in [5.74, 6) is 0.469. The van der Waals surface area contributed by atoms with Crippen molar-refractivity contribution in [1.29, 1.82) is 5.26 Å². The average Bonchev–Trinajstić information content (AvgIpc) is 2.69. The zero-order valence-electron chi connectivity index (χ0n) is 14.6. The Morgan fingerprint density at radius 1 is 1.08 bits per heavy atom. The number of rotatable bonds is 6. The summed E-state index contributed by atoms with van der Waals surface area (Å²) >= 11 is 0. The second-order valence-corrected chi connectivity index (χ2v) is 8.54. The van der Waals surface area contributed by atoms with Crippen LogP contribution in [0, 0.1) is 17.2 Å². The largest absolute Gasteiger partial charge is 0.312 e. The van der Waals surface area contributed by atoms with E-state index < -0.39 is 10.0 Å². The predicted molar refractivity (Wildman–Crippen MR) is 101 cm³/mol. The fourth-order valence-corrected chi connectivity index (χ4v) is 4.76. The standard InChI is InChI=1S/C20H23N3O2S/c21-14-18-5-4-6-19(13-18)16-22-15-17-9-11-23(12-10-17)26(24,25)20-7-2-1-3-8-20/h1-8,13,17,22H,9-12,15-16H2. The van der Waals surface area contributed by atoms with Gasteiger partial charge in [0.25, 0.3) is 0 Å². The molecule has 0 aromatic heterocycles. The van der Waals surface area contributed by atoms with Gasteiger partial charge in [-0.3, -0.25) is 0 Å². The molecule has 2 aromatic carbocycles. The summed E-state index contributed by atoms with van der Waals surface area (Å²) in [6.07, 6.45) is 1.72. The van der Waals surface area contributed by atoms with Gasteiger partial charge in [-0.05, 0) is 55.1 Å². The van der Waals surface area contributed by atoms with Crippen molar-refractivity contribution in [3.05, 3.63) is 65.7 Å². The fourth-order valence-electron chi connectivity index (χ4n) is 3.27. The summed E-state index contributed by atoms with van der Waals surface area (Å²) in [4.78, 5) is 0.369. The van der Waals surface area contributed by atoms with Crippen molar-refractivity contribution in [3.63, 3.8) is 0 Å². The maximum Gasteiger partial charge on any atom is 0.243 e. The first-order valence-corrected chi connectivity index (χ1v) is 10.3. The normalized spacial score (nSPS) is 16.3. The molecule has 6 heteroatoms. The van der Waals surface area contributed by atoms with Gasteiger partial charge in [0.15, 0.2) is 0 Å². The van der Waals surface area contributed by atoms with Crippen molar-refractivity contribution in [2.75, 3.05) is 19.6 Å². The Kier molecular flexibility index (Phi) is 6.04. The monoisotopic (exact) mass is 369 g/mol. The van der Waals surface area contributed by atoms with E-state index >= 15 is 0 Å². The fraction of sp³-hybridized carbons (Fsp3) is 0.350. The number of sulfonamides is 1. The van der Waals surface area contributed by atoms with E-state index in [1.165, 1.54) is 0 Å². The van der Waals surface area contributed by atoms with Crippen LogP contribution in [0.3, 0.4) is 0 Å². The lowest BCUT2D eigenvalue weighted by Crippen LogP contribution is -2.40. The number of nitriles is 1. The van der Waals surface area contributed by atoms with E-state index in [4.69, 9.17) is 5.26 Å². The van der Waals surface area contributed by atoms with E-state index in [-0.39, 0.29) is 0 Å². The Morgan fingerprint density at radius 2 is 1.81 bits per heavy atom. The van der Waals surface area contributed by atoms with E-state index in [0.29, 0.717) is 29.5 Å². The van der Waals surface area contributed by atoms with Crippen molar-refractivity contribution < 1.29 is 8.42 Å². The van der Waals surface area contributed by atoms with Crippen LogP contribution in [-0.2, 0) is 16.6 Å².